The number of carbonyl (C=O) groups is 2. The molecule has 1 amide bonds. The highest BCUT2D eigenvalue weighted by Gasteiger charge is 2.25. The number of hydrogen-bond acceptors (Lipinski definition) is 7. The Labute approximate surface area is 148 Å². The Balaban J connectivity index is 3.50. The van der Waals surface area contributed by atoms with Crippen molar-refractivity contribution in [2.45, 2.75) is 25.9 Å². The molecule has 0 aromatic rings. The third kappa shape index (κ3) is 13.0. The average molecular weight is 358 g/mol. The molecule has 142 valence electrons. The minimum absolute atomic E-state index is 0.0908. The zero-order valence-electron chi connectivity index (χ0n) is 14.9. The molecule has 0 rings (SSSR count). The van der Waals surface area contributed by atoms with Crippen molar-refractivity contribution >= 4 is 18.6 Å². The normalized spacial score (nSPS) is 12.7. The van der Waals surface area contributed by atoms with Crippen LogP contribution in [0.25, 0.3) is 4.85 Å². The lowest BCUT2D eigenvalue weighted by atomic mass is 10.3. The lowest BCUT2D eigenvalue weighted by Gasteiger charge is -2.12. The molecule has 1 N–H and O–H groups in total. The fourth-order valence-electron chi connectivity index (χ4n) is 1.46. The summed E-state index contributed by atoms with van der Waals surface area (Å²) < 4.78 is 20.7. The van der Waals surface area contributed by atoms with Gasteiger partial charge < -0.3 is 24.3 Å². The molecule has 9 heteroatoms. The van der Waals surface area contributed by atoms with Gasteiger partial charge in [-0.15, -0.1) is 0 Å². The SMILES string of the molecule is C#[N+][C@H](C)C(=O)N[C@H](C)C(=O)OCCOCCOCCOCCN=C. The molecule has 0 spiro atoms. The first-order valence-electron chi connectivity index (χ1n) is 8.05. The molecule has 0 saturated heterocycles. The lowest BCUT2D eigenvalue weighted by molar-refractivity contribution is -0.148. The summed E-state index contributed by atoms with van der Waals surface area (Å²) in [4.78, 5) is 30.2. The van der Waals surface area contributed by atoms with Crippen LogP contribution in [0.1, 0.15) is 13.8 Å². The van der Waals surface area contributed by atoms with Crippen molar-refractivity contribution in [3.05, 3.63) is 4.85 Å². The van der Waals surface area contributed by atoms with Gasteiger partial charge in [-0.1, -0.05) is 4.85 Å². The molecule has 2 atom stereocenters. The Hall–Kier alpha value is -2.02. The number of rotatable bonds is 15. The van der Waals surface area contributed by atoms with Gasteiger partial charge in [-0.2, -0.15) is 0 Å². The van der Waals surface area contributed by atoms with E-state index in [9.17, 15) is 9.59 Å². The van der Waals surface area contributed by atoms with Gasteiger partial charge in [0.15, 0.2) is 0 Å². The van der Waals surface area contributed by atoms with Crippen molar-refractivity contribution in [2.75, 3.05) is 52.8 Å². The van der Waals surface area contributed by atoms with E-state index in [1.54, 1.807) is 0 Å². The third-order valence-electron chi connectivity index (χ3n) is 2.93. The van der Waals surface area contributed by atoms with Gasteiger partial charge in [-0.25, -0.2) is 4.79 Å². The number of amides is 1. The summed E-state index contributed by atoms with van der Waals surface area (Å²) >= 11 is 0. The van der Waals surface area contributed by atoms with Gasteiger partial charge in [0.2, 0.25) is 0 Å². The van der Waals surface area contributed by atoms with Crippen LogP contribution in [-0.2, 0) is 28.5 Å². The number of aliphatic imine (C=N–C) groups is 1. The first-order chi connectivity index (χ1) is 12.0. The summed E-state index contributed by atoms with van der Waals surface area (Å²) in [7, 11) is 0. The predicted molar refractivity (Wildman–Crippen MR) is 93.2 cm³/mol. The maximum Gasteiger partial charge on any atom is 0.345 e. The summed E-state index contributed by atoms with van der Waals surface area (Å²) in [6, 6.07) is -1.50. The number of hydrogen-bond donors (Lipinski definition) is 1. The molecule has 0 saturated carbocycles. The van der Waals surface area contributed by atoms with E-state index in [1.165, 1.54) is 13.8 Å². The van der Waals surface area contributed by atoms with E-state index in [1.807, 2.05) is 0 Å². The van der Waals surface area contributed by atoms with Crippen LogP contribution in [0.4, 0.5) is 0 Å². The molecular weight excluding hydrogens is 330 g/mol. The van der Waals surface area contributed by atoms with Crippen molar-refractivity contribution in [1.29, 1.82) is 0 Å². The number of carbonyl (C=O) groups excluding carboxylic acids is 2. The van der Waals surface area contributed by atoms with Crippen molar-refractivity contribution in [3.63, 3.8) is 0 Å². The molecule has 0 aliphatic rings. The Morgan fingerprint density at radius 2 is 1.56 bits per heavy atom. The Bertz CT molecular complexity index is 438. The molecule has 0 aliphatic carbocycles. The molecule has 0 aliphatic heterocycles. The van der Waals surface area contributed by atoms with Crippen molar-refractivity contribution in [3.8, 4) is 6.57 Å². The van der Waals surface area contributed by atoms with E-state index < -0.39 is 24.0 Å². The molecule has 0 aromatic heterocycles. The molecule has 0 radical (unpaired) electrons. The van der Waals surface area contributed by atoms with Gasteiger partial charge in [0.05, 0.1) is 46.2 Å². The summed E-state index contributed by atoms with van der Waals surface area (Å²) in [5.74, 6) is -0.992. The monoisotopic (exact) mass is 358 g/mol. The fraction of sp³-hybridized carbons (Fsp3) is 0.750. The number of esters is 1. The highest BCUT2D eigenvalue weighted by Crippen LogP contribution is 1.93. The quantitative estimate of drug-likeness (QED) is 0.254. The van der Waals surface area contributed by atoms with Gasteiger partial charge in [0, 0.05) is 6.92 Å². The summed E-state index contributed by atoms with van der Waals surface area (Å²) in [5, 5.41) is 2.45. The maximum atomic E-state index is 11.7. The topological polar surface area (TPSA) is 99.8 Å². The molecule has 25 heavy (non-hydrogen) atoms. The molecule has 0 bridgehead atoms. The van der Waals surface area contributed by atoms with Crippen LogP contribution in [-0.4, -0.2) is 83.5 Å². The Morgan fingerprint density at radius 3 is 2.08 bits per heavy atom. The van der Waals surface area contributed by atoms with Crippen LogP contribution in [0.3, 0.4) is 0 Å². The second kappa shape index (κ2) is 15.5. The summed E-state index contributed by atoms with van der Waals surface area (Å²) in [6.45, 7) is 14.6. The van der Waals surface area contributed by atoms with E-state index >= 15 is 0 Å². The Morgan fingerprint density at radius 1 is 1.04 bits per heavy atom. The summed E-state index contributed by atoms with van der Waals surface area (Å²) in [6.07, 6.45) is 0. The molecule has 0 unspecified atom stereocenters. The van der Waals surface area contributed by atoms with E-state index in [2.05, 4.69) is 21.9 Å². The van der Waals surface area contributed by atoms with Gasteiger partial charge in [-0.3, -0.25) is 9.79 Å². The minimum Gasteiger partial charge on any atom is -0.462 e. The van der Waals surface area contributed by atoms with Crippen LogP contribution in [0.2, 0.25) is 0 Å². The maximum absolute atomic E-state index is 11.7. The zero-order valence-corrected chi connectivity index (χ0v) is 14.9. The standard InChI is InChI=1S/C16H27N3O6/c1-13(18-4)15(20)19-14(2)16(21)25-12-11-24-10-9-23-8-7-22-6-5-17-3/h4,13-14H,3,5-12H2,1-2H3/p+1/t13-,14-/m1/s1. The Kier molecular flexibility index (Phi) is 14.3. The van der Waals surface area contributed by atoms with Crippen LogP contribution in [0.15, 0.2) is 4.99 Å². The third-order valence-corrected chi connectivity index (χ3v) is 2.93. The molecule has 9 nitrogen and oxygen atoms in total. The van der Waals surface area contributed by atoms with Gasteiger partial charge in [0.1, 0.15) is 12.6 Å². The molecular formula is C16H28N3O6+. The van der Waals surface area contributed by atoms with E-state index in [0.29, 0.717) is 39.6 Å². The largest absolute Gasteiger partial charge is 0.462 e. The number of nitrogens with one attached hydrogen (secondary N) is 1. The van der Waals surface area contributed by atoms with Crippen molar-refractivity contribution in [1.82, 2.24) is 5.32 Å². The first-order valence-corrected chi connectivity index (χ1v) is 8.05. The fourth-order valence-corrected chi connectivity index (χ4v) is 1.46. The number of ether oxygens (including phenoxy) is 4. The van der Waals surface area contributed by atoms with Crippen LogP contribution < -0.4 is 5.32 Å². The average Bonchev–Trinajstić information content (AvgIpc) is 2.61. The van der Waals surface area contributed by atoms with E-state index in [4.69, 9.17) is 25.5 Å². The van der Waals surface area contributed by atoms with E-state index in [-0.39, 0.29) is 13.2 Å². The van der Waals surface area contributed by atoms with E-state index in [0.717, 1.165) is 0 Å². The molecule has 0 aromatic carbocycles. The van der Waals surface area contributed by atoms with Gasteiger partial charge in [0.25, 0.3) is 6.57 Å². The predicted octanol–water partition coefficient (Wildman–Crippen LogP) is 0.136. The second-order valence-electron chi connectivity index (χ2n) is 5.01. The summed E-state index contributed by atoms with van der Waals surface area (Å²) in [5.41, 5.74) is 0. The van der Waals surface area contributed by atoms with Gasteiger partial charge >= 0.3 is 17.9 Å². The number of nitrogens with zero attached hydrogens (tertiary/aromatic N) is 2. The van der Waals surface area contributed by atoms with Crippen LogP contribution >= 0.6 is 0 Å². The van der Waals surface area contributed by atoms with Crippen molar-refractivity contribution in [2.24, 2.45) is 4.99 Å². The highest BCUT2D eigenvalue weighted by atomic mass is 16.6. The van der Waals surface area contributed by atoms with Gasteiger partial charge in [-0.05, 0) is 13.6 Å². The lowest BCUT2D eigenvalue weighted by Crippen LogP contribution is -2.43. The highest BCUT2D eigenvalue weighted by molar-refractivity contribution is 5.88. The van der Waals surface area contributed by atoms with Crippen LogP contribution in [0, 0.1) is 6.57 Å². The minimum atomic E-state index is -0.781. The molecule has 0 fully saturated rings. The molecule has 0 heterocycles. The zero-order chi connectivity index (χ0) is 18.9. The van der Waals surface area contributed by atoms with Crippen molar-refractivity contribution < 1.29 is 28.5 Å². The first kappa shape index (κ1) is 23.0. The van der Waals surface area contributed by atoms with Crippen LogP contribution in [0.5, 0.6) is 0 Å². The smallest absolute Gasteiger partial charge is 0.345 e. The second-order valence-corrected chi connectivity index (χ2v) is 5.01.